The van der Waals surface area contributed by atoms with Gasteiger partial charge in [-0.3, -0.25) is 14.5 Å². The number of likely N-dealkylation sites (N-methyl/N-ethyl adjacent to an activating group) is 1. The monoisotopic (exact) mass is 214 g/mol. The van der Waals surface area contributed by atoms with Crippen LogP contribution >= 0.6 is 0 Å². The quantitative estimate of drug-likeness (QED) is 0.648. The lowest BCUT2D eigenvalue weighted by Gasteiger charge is -2.14. The third-order valence-electron chi connectivity index (χ3n) is 2.55. The number of likely N-dealkylation sites (tertiary alicyclic amines) is 1. The molecule has 1 fully saturated rings. The summed E-state index contributed by atoms with van der Waals surface area (Å²) < 4.78 is 4.67. The Hall–Kier alpha value is -1.10. The summed E-state index contributed by atoms with van der Waals surface area (Å²) in [5.41, 5.74) is 0. The van der Waals surface area contributed by atoms with Gasteiger partial charge in [0.25, 0.3) is 0 Å². The number of rotatable bonds is 4. The number of nitrogens with one attached hydrogen (secondary N) is 1. The topological polar surface area (TPSA) is 58.6 Å². The van der Waals surface area contributed by atoms with Crippen molar-refractivity contribution in [1.29, 1.82) is 0 Å². The van der Waals surface area contributed by atoms with Gasteiger partial charge in [0.1, 0.15) is 0 Å². The molecule has 0 aliphatic carbocycles. The first kappa shape index (κ1) is 12.0. The van der Waals surface area contributed by atoms with E-state index < -0.39 is 0 Å². The van der Waals surface area contributed by atoms with Gasteiger partial charge >= 0.3 is 5.97 Å². The van der Waals surface area contributed by atoms with Crippen LogP contribution in [0.2, 0.25) is 0 Å². The zero-order valence-electron chi connectivity index (χ0n) is 9.28. The van der Waals surface area contributed by atoms with Crippen molar-refractivity contribution in [3.63, 3.8) is 0 Å². The Kier molecular flexibility index (Phi) is 4.55. The summed E-state index contributed by atoms with van der Waals surface area (Å²) in [6.07, 6.45) is 0.784. The van der Waals surface area contributed by atoms with Gasteiger partial charge in [-0.2, -0.15) is 0 Å². The number of hydrogen-bond donors (Lipinski definition) is 1. The summed E-state index contributed by atoms with van der Waals surface area (Å²) in [6.45, 7) is 4.33. The Bertz CT molecular complexity index is 243. The van der Waals surface area contributed by atoms with Crippen molar-refractivity contribution in [2.45, 2.75) is 13.3 Å². The Balaban J connectivity index is 2.30. The van der Waals surface area contributed by atoms with Crippen LogP contribution in [0.3, 0.4) is 0 Å². The summed E-state index contributed by atoms with van der Waals surface area (Å²) in [4.78, 5) is 24.5. The predicted molar refractivity (Wildman–Crippen MR) is 55.2 cm³/mol. The Labute approximate surface area is 89.8 Å². The molecule has 5 nitrogen and oxygen atoms in total. The maximum absolute atomic E-state index is 11.3. The molecule has 1 amide bonds. The summed E-state index contributed by atoms with van der Waals surface area (Å²) >= 11 is 0. The van der Waals surface area contributed by atoms with Gasteiger partial charge in [-0.05, 0) is 19.9 Å². The fourth-order valence-corrected chi connectivity index (χ4v) is 1.79. The van der Waals surface area contributed by atoms with E-state index in [0.29, 0.717) is 19.6 Å². The Morgan fingerprint density at radius 3 is 2.87 bits per heavy atom. The first-order valence-electron chi connectivity index (χ1n) is 5.24. The van der Waals surface area contributed by atoms with Crippen LogP contribution in [0, 0.1) is 5.92 Å². The van der Waals surface area contributed by atoms with Crippen LogP contribution < -0.4 is 5.32 Å². The van der Waals surface area contributed by atoms with Crippen molar-refractivity contribution in [3.05, 3.63) is 0 Å². The average molecular weight is 214 g/mol. The summed E-state index contributed by atoms with van der Waals surface area (Å²) in [5.74, 6) is -0.221. The van der Waals surface area contributed by atoms with Crippen LogP contribution in [-0.2, 0) is 14.3 Å². The van der Waals surface area contributed by atoms with E-state index in [1.54, 1.807) is 0 Å². The molecule has 0 aromatic heterocycles. The molecule has 1 unspecified atom stereocenters. The van der Waals surface area contributed by atoms with Crippen molar-refractivity contribution < 1.29 is 14.3 Å². The van der Waals surface area contributed by atoms with Crippen molar-refractivity contribution >= 4 is 11.9 Å². The van der Waals surface area contributed by atoms with E-state index in [4.69, 9.17) is 0 Å². The van der Waals surface area contributed by atoms with Gasteiger partial charge in [-0.15, -0.1) is 0 Å². The molecule has 0 saturated carbocycles. The zero-order chi connectivity index (χ0) is 11.3. The van der Waals surface area contributed by atoms with Gasteiger partial charge in [-0.1, -0.05) is 0 Å². The molecule has 0 radical (unpaired) electrons. The van der Waals surface area contributed by atoms with Gasteiger partial charge in [0.05, 0.1) is 19.6 Å². The molecule has 1 heterocycles. The largest absolute Gasteiger partial charge is 0.469 e. The van der Waals surface area contributed by atoms with Crippen molar-refractivity contribution in [2.75, 3.05) is 33.3 Å². The molecular weight excluding hydrogens is 196 g/mol. The van der Waals surface area contributed by atoms with Gasteiger partial charge in [0, 0.05) is 13.1 Å². The van der Waals surface area contributed by atoms with E-state index in [1.807, 2.05) is 11.8 Å². The highest BCUT2D eigenvalue weighted by Crippen LogP contribution is 2.16. The molecule has 15 heavy (non-hydrogen) atoms. The lowest BCUT2D eigenvalue weighted by atomic mass is 10.1. The number of esters is 1. The minimum atomic E-state index is -0.173. The smallest absolute Gasteiger partial charge is 0.310 e. The molecule has 0 aromatic rings. The number of hydrogen-bond acceptors (Lipinski definition) is 4. The van der Waals surface area contributed by atoms with Crippen LogP contribution in [0.25, 0.3) is 0 Å². The minimum Gasteiger partial charge on any atom is -0.469 e. The molecule has 0 spiro atoms. The molecule has 1 saturated heterocycles. The summed E-state index contributed by atoms with van der Waals surface area (Å²) in [7, 11) is 1.40. The van der Waals surface area contributed by atoms with Crippen LogP contribution in [0.15, 0.2) is 0 Å². The maximum Gasteiger partial charge on any atom is 0.310 e. The lowest BCUT2D eigenvalue weighted by Crippen LogP contribution is -2.36. The minimum absolute atomic E-state index is 0.0167. The summed E-state index contributed by atoms with van der Waals surface area (Å²) in [5, 5.41) is 2.73. The van der Waals surface area contributed by atoms with E-state index in [-0.39, 0.29) is 17.8 Å². The molecule has 5 heteroatoms. The third kappa shape index (κ3) is 3.51. The second-order valence-corrected chi connectivity index (χ2v) is 3.70. The van der Waals surface area contributed by atoms with Gasteiger partial charge < -0.3 is 10.1 Å². The summed E-state index contributed by atoms with van der Waals surface area (Å²) in [6, 6.07) is 0. The fraction of sp³-hybridized carbons (Fsp3) is 0.800. The number of carbonyl (C=O) groups is 2. The van der Waals surface area contributed by atoms with Crippen LogP contribution in [0.1, 0.15) is 13.3 Å². The van der Waals surface area contributed by atoms with Crippen LogP contribution in [-0.4, -0.2) is 50.1 Å². The number of methoxy groups -OCH3 is 1. The van der Waals surface area contributed by atoms with Gasteiger partial charge in [0.2, 0.25) is 5.91 Å². The molecule has 1 rings (SSSR count). The fourth-order valence-electron chi connectivity index (χ4n) is 1.79. The lowest BCUT2D eigenvalue weighted by molar-refractivity contribution is -0.145. The normalized spacial score (nSPS) is 21.3. The molecule has 0 aromatic carbocycles. The van der Waals surface area contributed by atoms with Crippen LogP contribution in [0.5, 0.6) is 0 Å². The average Bonchev–Trinajstić information content (AvgIpc) is 2.65. The van der Waals surface area contributed by atoms with Crippen LogP contribution in [0.4, 0.5) is 0 Å². The van der Waals surface area contributed by atoms with Crippen molar-refractivity contribution in [1.82, 2.24) is 10.2 Å². The first-order chi connectivity index (χ1) is 7.17. The molecule has 0 bridgehead atoms. The molecule has 1 atom stereocenters. The number of ether oxygens (including phenoxy) is 1. The van der Waals surface area contributed by atoms with E-state index >= 15 is 0 Å². The van der Waals surface area contributed by atoms with E-state index in [2.05, 4.69) is 10.1 Å². The highest BCUT2D eigenvalue weighted by atomic mass is 16.5. The standard InChI is InChI=1S/C10H18N2O3/c1-3-11-9(13)7-12-5-4-8(6-12)10(14)15-2/h8H,3-7H2,1-2H3,(H,11,13). The van der Waals surface area contributed by atoms with Crippen molar-refractivity contribution in [2.24, 2.45) is 5.92 Å². The number of carbonyl (C=O) groups excluding carboxylic acids is 2. The zero-order valence-corrected chi connectivity index (χ0v) is 9.28. The highest BCUT2D eigenvalue weighted by Gasteiger charge is 2.29. The van der Waals surface area contributed by atoms with Crippen molar-refractivity contribution in [3.8, 4) is 0 Å². The second kappa shape index (κ2) is 5.70. The third-order valence-corrected chi connectivity index (χ3v) is 2.55. The van der Waals surface area contributed by atoms with E-state index in [9.17, 15) is 9.59 Å². The molecule has 1 aliphatic heterocycles. The SMILES string of the molecule is CCNC(=O)CN1CCC(C(=O)OC)C1. The number of nitrogens with zero attached hydrogens (tertiary/aromatic N) is 1. The van der Waals surface area contributed by atoms with Gasteiger partial charge in [0.15, 0.2) is 0 Å². The predicted octanol–water partition coefficient (Wildman–Crippen LogP) is -0.383. The Morgan fingerprint density at radius 2 is 2.27 bits per heavy atom. The molecule has 86 valence electrons. The number of amides is 1. The Morgan fingerprint density at radius 1 is 1.53 bits per heavy atom. The van der Waals surface area contributed by atoms with E-state index in [1.165, 1.54) is 7.11 Å². The molecular formula is C10H18N2O3. The highest BCUT2D eigenvalue weighted by molar-refractivity contribution is 5.78. The molecule has 1 aliphatic rings. The second-order valence-electron chi connectivity index (χ2n) is 3.70. The first-order valence-corrected chi connectivity index (χ1v) is 5.24. The maximum atomic E-state index is 11.3. The van der Waals surface area contributed by atoms with Gasteiger partial charge in [-0.25, -0.2) is 0 Å². The van der Waals surface area contributed by atoms with E-state index in [0.717, 1.165) is 13.0 Å². The molecule has 1 N–H and O–H groups in total.